The van der Waals surface area contributed by atoms with E-state index in [0.29, 0.717) is 11.2 Å². The molecule has 21 heavy (non-hydrogen) atoms. The van der Waals surface area contributed by atoms with Crippen molar-refractivity contribution in [3.63, 3.8) is 0 Å². The highest BCUT2D eigenvalue weighted by Gasteiger charge is 2.17. The molecule has 4 N–H and O–H groups in total. The molecule has 0 saturated heterocycles. The van der Waals surface area contributed by atoms with E-state index >= 15 is 0 Å². The summed E-state index contributed by atoms with van der Waals surface area (Å²) in [5.41, 5.74) is 12.6. The van der Waals surface area contributed by atoms with E-state index in [4.69, 9.17) is 5.73 Å². The lowest BCUT2D eigenvalue weighted by Crippen LogP contribution is -2.42. The van der Waals surface area contributed by atoms with Crippen molar-refractivity contribution < 1.29 is 9.59 Å². The third-order valence-electron chi connectivity index (χ3n) is 3.04. The molecule has 0 aliphatic carbocycles. The highest BCUT2D eigenvalue weighted by atomic mass is 16.2. The molecule has 0 radical (unpaired) electrons. The minimum absolute atomic E-state index is 0.0632. The lowest BCUT2D eigenvalue weighted by Gasteiger charge is -2.11. The van der Waals surface area contributed by atoms with Crippen molar-refractivity contribution in [1.29, 1.82) is 0 Å². The topological polar surface area (TPSA) is 102 Å². The van der Waals surface area contributed by atoms with Crippen LogP contribution in [-0.2, 0) is 16.1 Å². The Morgan fingerprint density at radius 3 is 2.67 bits per heavy atom. The Morgan fingerprint density at radius 2 is 2.05 bits per heavy atom. The number of carbonyl (C=O) groups excluding carboxylic acids is 2. The second-order valence-electron chi connectivity index (χ2n) is 5.16. The molecule has 0 atom stereocenters. The maximum Gasteiger partial charge on any atom is 0.258 e. The average Bonchev–Trinajstić information content (AvgIpc) is 2.77. The van der Waals surface area contributed by atoms with Gasteiger partial charge in [0.25, 0.3) is 5.91 Å². The Balaban J connectivity index is 2.37. The molecule has 1 heterocycles. The second-order valence-corrected chi connectivity index (χ2v) is 5.16. The van der Waals surface area contributed by atoms with Crippen LogP contribution in [0.2, 0.25) is 0 Å². The second kappa shape index (κ2) is 5.82. The molecule has 7 nitrogen and oxygen atoms in total. The number of nitrogens with zero attached hydrogens (tertiary/aromatic N) is 2. The van der Waals surface area contributed by atoms with E-state index < -0.39 is 0 Å². The summed E-state index contributed by atoms with van der Waals surface area (Å²) < 4.78 is 1.81. The Kier molecular flexibility index (Phi) is 4.11. The van der Waals surface area contributed by atoms with Crippen LogP contribution in [0, 0.1) is 0 Å². The Labute approximate surface area is 122 Å². The molecule has 0 saturated carbocycles. The van der Waals surface area contributed by atoms with Gasteiger partial charge in [0.1, 0.15) is 17.9 Å². The van der Waals surface area contributed by atoms with Gasteiger partial charge in [-0.1, -0.05) is 19.9 Å². The van der Waals surface area contributed by atoms with Crippen LogP contribution in [0.3, 0.4) is 0 Å². The standard InChI is InChI=1S/C14H19N5O2/c1-8(2)14-16-13-10(15)5-4-6-11(13)19(14)7-12(21)18-17-9(3)20/h4-6,8H,7,15H2,1-3H3,(H,17,20)(H,18,21). The first-order valence-electron chi connectivity index (χ1n) is 6.70. The van der Waals surface area contributed by atoms with Crippen LogP contribution in [0.15, 0.2) is 18.2 Å². The number of nitrogens with two attached hydrogens (primary N) is 1. The molecule has 0 aliphatic heterocycles. The number of hydrogen-bond acceptors (Lipinski definition) is 4. The summed E-state index contributed by atoms with van der Waals surface area (Å²) in [5, 5.41) is 0. The van der Waals surface area contributed by atoms with Gasteiger partial charge in [0, 0.05) is 12.8 Å². The van der Waals surface area contributed by atoms with Gasteiger partial charge in [-0.25, -0.2) is 4.98 Å². The monoisotopic (exact) mass is 289 g/mol. The highest BCUT2D eigenvalue weighted by molar-refractivity contribution is 5.89. The number of hydrazine groups is 1. The first kappa shape index (κ1) is 14.8. The lowest BCUT2D eigenvalue weighted by atomic mass is 10.2. The van der Waals surface area contributed by atoms with E-state index in [1.807, 2.05) is 30.5 Å². The van der Waals surface area contributed by atoms with Gasteiger partial charge in [0.15, 0.2) is 0 Å². The van der Waals surface area contributed by atoms with Crippen molar-refractivity contribution in [3.05, 3.63) is 24.0 Å². The fourth-order valence-corrected chi connectivity index (χ4v) is 2.13. The van der Waals surface area contributed by atoms with Crippen LogP contribution >= 0.6 is 0 Å². The summed E-state index contributed by atoms with van der Waals surface area (Å²) in [4.78, 5) is 27.3. The summed E-state index contributed by atoms with van der Waals surface area (Å²) >= 11 is 0. The lowest BCUT2D eigenvalue weighted by molar-refractivity contribution is -0.128. The number of para-hydroxylation sites is 1. The van der Waals surface area contributed by atoms with Gasteiger partial charge < -0.3 is 10.3 Å². The van der Waals surface area contributed by atoms with Crippen molar-refractivity contribution in [1.82, 2.24) is 20.4 Å². The SMILES string of the molecule is CC(=O)NNC(=O)Cn1c(C(C)C)nc2c(N)cccc21. The van der Waals surface area contributed by atoms with Gasteiger partial charge in [-0.15, -0.1) is 0 Å². The molecular formula is C14H19N5O2. The number of imidazole rings is 1. The van der Waals surface area contributed by atoms with Gasteiger partial charge in [0.2, 0.25) is 5.91 Å². The number of nitrogen functional groups attached to an aromatic ring is 1. The number of aromatic nitrogens is 2. The fourth-order valence-electron chi connectivity index (χ4n) is 2.13. The summed E-state index contributed by atoms with van der Waals surface area (Å²) in [6, 6.07) is 5.48. The predicted octanol–water partition coefficient (Wildman–Crippen LogP) is 0.909. The number of amides is 2. The van der Waals surface area contributed by atoms with Gasteiger partial charge >= 0.3 is 0 Å². The Hall–Kier alpha value is -2.57. The highest BCUT2D eigenvalue weighted by Crippen LogP contribution is 2.25. The first-order chi connectivity index (χ1) is 9.90. The summed E-state index contributed by atoms with van der Waals surface area (Å²) in [5.74, 6) is 0.271. The molecule has 0 bridgehead atoms. The number of anilines is 1. The quantitative estimate of drug-likeness (QED) is 0.577. The first-order valence-corrected chi connectivity index (χ1v) is 6.70. The van der Waals surface area contributed by atoms with Crippen LogP contribution < -0.4 is 16.6 Å². The third-order valence-corrected chi connectivity index (χ3v) is 3.04. The molecule has 2 aromatic rings. The van der Waals surface area contributed by atoms with Crippen molar-refractivity contribution in [3.8, 4) is 0 Å². The summed E-state index contributed by atoms with van der Waals surface area (Å²) in [6.45, 7) is 5.39. The summed E-state index contributed by atoms with van der Waals surface area (Å²) in [7, 11) is 0. The van der Waals surface area contributed by atoms with E-state index in [0.717, 1.165) is 11.3 Å². The molecule has 2 amide bonds. The van der Waals surface area contributed by atoms with Crippen molar-refractivity contribution in [2.45, 2.75) is 33.2 Å². The maximum absolute atomic E-state index is 11.9. The van der Waals surface area contributed by atoms with Crippen molar-refractivity contribution in [2.75, 3.05) is 5.73 Å². The Bertz CT molecular complexity index is 690. The minimum Gasteiger partial charge on any atom is -0.397 e. The van der Waals surface area contributed by atoms with E-state index in [2.05, 4.69) is 15.8 Å². The van der Waals surface area contributed by atoms with Crippen LogP contribution in [-0.4, -0.2) is 21.4 Å². The van der Waals surface area contributed by atoms with E-state index in [1.54, 1.807) is 6.07 Å². The number of benzene rings is 1. The molecular weight excluding hydrogens is 270 g/mol. The van der Waals surface area contributed by atoms with Gasteiger partial charge in [-0.05, 0) is 12.1 Å². The van der Waals surface area contributed by atoms with Crippen molar-refractivity contribution >= 4 is 28.5 Å². The smallest absolute Gasteiger partial charge is 0.258 e. The molecule has 7 heteroatoms. The van der Waals surface area contributed by atoms with Crippen LogP contribution in [0.5, 0.6) is 0 Å². The fraction of sp³-hybridized carbons (Fsp3) is 0.357. The van der Waals surface area contributed by atoms with Gasteiger partial charge in [0.05, 0.1) is 11.2 Å². The Morgan fingerprint density at radius 1 is 1.33 bits per heavy atom. The van der Waals surface area contributed by atoms with Crippen molar-refractivity contribution in [2.24, 2.45) is 0 Å². The number of fused-ring (bicyclic) bond motifs is 1. The van der Waals surface area contributed by atoms with Crippen LogP contribution in [0.1, 0.15) is 32.5 Å². The largest absolute Gasteiger partial charge is 0.397 e. The molecule has 0 fully saturated rings. The van der Waals surface area contributed by atoms with E-state index in [9.17, 15) is 9.59 Å². The molecule has 1 aromatic heterocycles. The minimum atomic E-state index is -0.327. The molecule has 112 valence electrons. The van der Waals surface area contributed by atoms with E-state index in [-0.39, 0.29) is 24.3 Å². The van der Waals surface area contributed by atoms with Gasteiger partial charge in [-0.2, -0.15) is 0 Å². The zero-order valence-corrected chi connectivity index (χ0v) is 12.3. The zero-order valence-electron chi connectivity index (χ0n) is 12.3. The van der Waals surface area contributed by atoms with Gasteiger partial charge in [-0.3, -0.25) is 20.4 Å². The number of carbonyl (C=O) groups is 2. The van der Waals surface area contributed by atoms with Crippen LogP contribution in [0.25, 0.3) is 11.0 Å². The normalized spacial score (nSPS) is 10.9. The number of rotatable bonds is 3. The molecule has 2 rings (SSSR count). The number of nitrogens with one attached hydrogen (secondary N) is 2. The van der Waals surface area contributed by atoms with Crippen LogP contribution in [0.4, 0.5) is 5.69 Å². The molecule has 0 spiro atoms. The number of hydrogen-bond donors (Lipinski definition) is 3. The predicted molar refractivity (Wildman–Crippen MR) is 80.2 cm³/mol. The molecule has 0 unspecified atom stereocenters. The molecule has 0 aliphatic rings. The van der Waals surface area contributed by atoms with E-state index in [1.165, 1.54) is 6.92 Å². The molecule has 1 aromatic carbocycles. The zero-order chi connectivity index (χ0) is 15.6. The maximum atomic E-state index is 11.9. The third kappa shape index (κ3) is 3.13. The summed E-state index contributed by atoms with van der Waals surface area (Å²) in [6.07, 6.45) is 0. The average molecular weight is 289 g/mol.